The predicted molar refractivity (Wildman–Crippen MR) is 129 cm³/mol. The van der Waals surface area contributed by atoms with E-state index in [1.807, 2.05) is 77.9 Å². The summed E-state index contributed by atoms with van der Waals surface area (Å²) in [5, 5.41) is 5.36. The summed E-state index contributed by atoms with van der Waals surface area (Å²) in [5.74, 6) is -0.646. The van der Waals surface area contributed by atoms with Gasteiger partial charge in [0.1, 0.15) is 6.54 Å². The highest BCUT2D eigenvalue weighted by atomic mass is 32.1. The van der Waals surface area contributed by atoms with Crippen LogP contribution in [0.3, 0.4) is 0 Å². The number of rotatable bonds is 7. The Balaban J connectivity index is 1.63. The van der Waals surface area contributed by atoms with Crippen molar-refractivity contribution in [1.82, 2.24) is 9.88 Å². The molecule has 1 saturated carbocycles. The smallest absolute Gasteiger partial charge is 0.245 e. The van der Waals surface area contributed by atoms with Crippen molar-refractivity contribution >= 4 is 28.3 Å². The Hall–Kier alpha value is -2.99. The van der Waals surface area contributed by atoms with Crippen LogP contribution in [0, 0.1) is 6.92 Å². The Kier molecular flexibility index (Phi) is 7.32. The molecule has 1 aromatic heterocycles. The van der Waals surface area contributed by atoms with Crippen LogP contribution in [0.5, 0.6) is 0 Å². The predicted octanol–water partition coefficient (Wildman–Crippen LogP) is 5.38. The van der Waals surface area contributed by atoms with E-state index in [1.165, 1.54) is 17.8 Å². The average molecular weight is 448 g/mol. The zero-order chi connectivity index (χ0) is 22.3. The van der Waals surface area contributed by atoms with Gasteiger partial charge in [-0.25, -0.2) is 4.98 Å². The van der Waals surface area contributed by atoms with Crippen LogP contribution < -0.4 is 5.32 Å². The molecule has 5 nitrogen and oxygen atoms in total. The van der Waals surface area contributed by atoms with Gasteiger partial charge in [-0.1, -0.05) is 79.9 Å². The summed E-state index contributed by atoms with van der Waals surface area (Å²) >= 11 is 1.40. The first-order chi connectivity index (χ1) is 15.6. The van der Waals surface area contributed by atoms with Crippen LogP contribution in [0.25, 0.3) is 0 Å². The Morgan fingerprint density at radius 1 is 1.00 bits per heavy atom. The Morgan fingerprint density at radius 3 is 2.12 bits per heavy atom. The van der Waals surface area contributed by atoms with Gasteiger partial charge in [0.25, 0.3) is 0 Å². The first-order valence-corrected chi connectivity index (χ1v) is 12.1. The zero-order valence-corrected chi connectivity index (χ0v) is 19.2. The van der Waals surface area contributed by atoms with E-state index in [0.29, 0.717) is 5.13 Å². The largest absolute Gasteiger partial charge is 0.330 e. The Labute approximate surface area is 193 Å². The van der Waals surface area contributed by atoms with Crippen molar-refractivity contribution in [2.45, 2.75) is 51.0 Å². The monoisotopic (exact) mass is 447 g/mol. The minimum atomic E-state index is -0.436. The van der Waals surface area contributed by atoms with Crippen molar-refractivity contribution in [3.8, 4) is 0 Å². The fraction of sp³-hybridized carbons (Fsp3) is 0.346. The molecule has 0 aliphatic heterocycles. The Morgan fingerprint density at radius 2 is 1.59 bits per heavy atom. The number of nitrogens with one attached hydrogen (secondary N) is 1. The van der Waals surface area contributed by atoms with Crippen molar-refractivity contribution in [1.29, 1.82) is 0 Å². The molecule has 2 amide bonds. The summed E-state index contributed by atoms with van der Waals surface area (Å²) < 4.78 is 0. The summed E-state index contributed by atoms with van der Waals surface area (Å²) in [6.45, 7) is 1.94. The van der Waals surface area contributed by atoms with Crippen LogP contribution in [-0.4, -0.2) is 34.3 Å². The highest BCUT2D eigenvalue weighted by Crippen LogP contribution is 2.31. The molecule has 0 unspecified atom stereocenters. The SMILES string of the molecule is Cc1csc(NC(=O)CN(C(=O)C(c2ccccc2)c2ccccc2)C2CCCCC2)n1. The standard InChI is InChI=1S/C26H29N3O2S/c1-19-18-32-26(27-19)28-23(30)17-29(22-15-9-4-10-16-22)25(31)24(20-11-5-2-6-12-20)21-13-7-3-8-14-21/h2-3,5-8,11-14,18,22,24H,4,9-10,15-17H2,1H3,(H,27,28,30). The van der Waals surface area contributed by atoms with Gasteiger partial charge in [0, 0.05) is 11.4 Å². The quantitative estimate of drug-likeness (QED) is 0.529. The highest BCUT2D eigenvalue weighted by molar-refractivity contribution is 7.13. The molecule has 1 fully saturated rings. The fourth-order valence-electron chi connectivity index (χ4n) is 4.44. The molecule has 0 bridgehead atoms. The molecule has 0 radical (unpaired) electrons. The van der Waals surface area contributed by atoms with Crippen LogP contribution in [0.1, 0.15) is 54.8 Å². The minimum absolute atomic E-state index is 0.0141. The summed E-state index contributed by atoms with van der Waals surface area (Å²) in [6, 6.07) is 19.8. The Bertz CT molecular complexity index is 990. The van der Waals surface area contributed by atoms with Gasteiger partial charge >= 0.3 is 0 Å². The van der Waals surface area contributed by atoms with Gasteiger partial charge in [-0.3, -0.25) is 9.59 Å². The normalized spacial score (nSPS) is 14.3. The van der Waals surface area contributed by atoms with E-state index < -0.39 is 5.92 Å². The van der Waals surface area contributed by atoms with Gasteiger partial charge in [-0.2, -0.15) is 0 Å². The molecule has 0 atom stereocenters. The number of benzene rings is 2. The zero-order valence-electron chi connectivity index (χ0n) is 18.4. The molecule has 6 heteroatoms. The van der Waals surface area contributed by atoms with E-state index in [4.69, 9.17) is 0 Å². The van der Waals surface area contributed by atoms with Crippen molar-refractivity contribution in [2.24, 2.45) is 0 Å². The van der Waals surface area contributed by atoms with E-state index in [1.54, 1.807) is 0 Å². The number of carbonyl (C=O) groups excluding carboxylic acids is 2. The fourth-order valence-corrected chi connectivity index (χ4v) is 5.14. The lowest BCUT2D eigenvalue weighted by Crippen LogP contribution is -2.47. The van der Waals surface area contributed by atoms with Gasteiger partial charge in [0.15, 0.2) is 5.13 Å². The van der Waals surface area contributed by atoms with Crippen LogP contribution in [0.15, 0.2) is 66.0 Å². The number of carbonyl (C=O) groups is 2. The molecule has 0 saturated heterocycles. The van der Waals surface area contributed by atoms with Crippen LogP contribution >= 0.6 is 11.3 Å². The lowest BCUT2D eigenvalue weighted by Gasteiger charge is -2.36. The molecule has 2 aromatic carbocycles. The second-order valence-electron chi connectivity index (χ2n) is 8.35. The summed E-state index contributed by atoms with van der Waals surface area (Å²) in [5.41, 5.74) is 2.76. The third kappa shape index (κ3) is 5.43. The van der Waals surface area contributed by atoms with E-state index in [2.05, 4.69) is 10.3 Å². The maximum Gasteiger partial charge on any atom is 0.245 e. The molecule has 4 rings (SSSR count). The van der Waals surface area contributed by atoms with Crippen molar-refractivity contribution in [3.05, 3.63) is 82.9 Å². The van der Waals surface area contributed by atoms with E-state index in [9.17, 15) is 9.59 Å². The van der Waals surface area contributed by atoms with E-state index in [0.717, 1.165) is 42.5 Å². The molecule has 1 aliphatic rings. The summed E-state index contributed by atoms with van der Waals surface area (Å²) in [4.78, 5) is 33.2. The molecule has 3 aromatic rings. The van der Waals surface area contributed by atoms with E-state index in [-0.39, 0.29) is 24.4 Å². The van der Waals surface area contributed by atoms with Gasteiger partial charge < -0.3 is 10.2 Å². The second kappa shape index (κ2) is 10.6. The number of anilines is 1. The van der Waals surface area contributed by atoms with Gasteiger partial charge in [0.2, 0.25) is 11.8 Å². The third-order valence-corrected chi connectivity index (χ3v) is 6.87. The topological polar surface area (TPSA) is 62.3 Å². The minimum Gasteiger partial charge on any atom is -0.330 e. The number of hydrogen-bond donors (Lipinski definition) is 1. The molecule has 166 valence electrons. The molecule has 1 heterocycles. The number of aryl methyl sites for hydroxylation is 1. The molecule has 0 spiro atoms. The van der Waals surface area contributed by atoms with Crippen LogP contribution in [0.4, 0.5) is 5.13 Å². The molecule has 1 N–H and O–H groups in total. The maximum absolute atomic E-state index is 14.1. The number of nitrogens with zero attached hydrogens (tertiary/aromatic N) is 2. The second-order valence-corrected chi connectivity index (χ2v) is 9.21. The molecule has 1 aliphatic carbocycles. The number of hydrogen-bond acceptors (Lipinski definition) is 4. The first kappa shape index (κ1) is 22.2. The average Bonchev–Trinajstić information content (AvgIpc) is 3.24. The van der Waals surface area contributed by atoms with Crippen molar-refractivity contribution in [3.63, 3.8) is 0 Å². The van der Waals surface area contributed by atoms with Gasteiger partial charge in [0.05, 0.1) is 11.6 Å². The third-order valence-electron chi connectivity index (χ3n) is 5.99. The summed E-state index contributed by atoms with van der Waals surface area (Å²) in [6.07, 6.45) is 5.23. The van der Waals surface area contributed by atoms with Crippen molar-refractivity contribution < 1.29 is 9.59 Å². The van der Waals surface area contributed by atoms with Crippen LogP contribution in [-0.2, 0) is 9.59 Å². The first-order valence-electron chi connectivity index (χ1n) is 11.2. The molecular weight excluding hydrogens is 418 g/mol. The number of amides is 2. The highest BCUT2D eigenvalue weighted by Gasteiger charge is 2.33. The van der Waals surface area contributed by atoms with Gasteiger partial charge in [-0.05, 0) is 30.9 Å². The number of aromatic nitrogens is 1. The lowest BCUT2D eigenvalue weighted by atomic mass is 9.87. The van der Waals surface area contributed by atoms with Gasteiger partial charge in [-0.15, -0.1) is 11.3 Å². The van der Waals surface area contributed by atoms with Crippen LogP contribution in [0.2, 0.25) is 0 Å². The molecular formula is C26H29N3O2S. The lowest BCUT2D eigenvalue weighted by molar-refractivity contribution is -0.138. The summed E-state index contributed by atoms with van der Waals surface area (Å²) in [7, 11) is 0. The molecule has 32 heavy (non-hydrogen) atoms. The van der Waals surface area contributed by atoms with Crippen molar-refractivity contribution in [2.75, 3.05) is 11.9 Å². The maximum atomic E-state index is 14.1. The van der Waals surface area contributed by atoms with E-state index >= 15 is 0 Å². The number of thiazole rings is 1.